The summed E-state index contributed by atoms with van der Waals surface area (Å²) >= 11 is 0. The van der Waals surface area contributed by atoms with E-state index >= 15 is 0 Å². The van der Waals surface area contributed by atoms with E-state index in [1.165, 1.54) is 6.33 Å². The fourth-order valence-corrected chi connectivity index (χ4v) is 3.94. The van der Waals surface area contributed by atoms with Gasteiger partial charge in [-0.1, -0.05) is 0 Å². The molecule has 0 atom stereocenters. The van der Waals surface area contributed by atoms with E-state index in [4.69, 9.17) is 9.47 Å². The highest BCUT2D eigenvalue weighted by molar-refractivity contribution is 5.71. The molecular weight excluding hydrogens is 326 g/mol. The summed E-state index contributed by atoms with van der Waals surface area (Å²) in [5, 5.41) is 11.8. The summed E-state index contributed by atoms with van der Waals surface area (Å²) in [5.74, 6) is 0.352. The Labute approximate surface area is 146 Å². The number of piperidine rings is 2. The Balaban J connectivity index is 1.60. The van der Waals surface area contributed by atoms with Crippen molar-refractivity contribution in [3.63, 3.8) is 0 Å². The third kappa shape index (κ3) is 3.13. The highest BCUT2D eigenvalue weighted by atomic mass is 16.7. The summed E-state index contributed by atoms with van der Waals surface area (Å²) in [4.78, 5) is 23.9. The minimum atomic E-state index is -0.506. The second-order valence-corrected chi connectivity index (χ2v) is 6.77. The SMILES string of the molecule is O=[N+]([O-])c1c(N2CCCCC2)ncnc1N1CCC2(CC1)OCCO2. The van der Waals surface area contributed by atoms with Gasteiger partial charge in [0.05, 0.1) is 18.1 Å². The van der Waals surface area contributed by atoms with Gasteiger partial charge in [0.25, 0.3) is 0 Å². The number of aromatic nitrogens is 2. The second-order valence-electron chi connectivity index (χ2n) is 6.77. The maximum atomic E-state index is 11.8. The highest BCUT2D eigenvalue weighted by Crippen LogP contribution is 2.39. The summed E-state index contributed by atoms with van der Waals surface area (Å²) in [6.07, 6.45) is 6.06. The van der Waals surface area contributed by atoms with Crippen molar-refractivity contribution in [3.05, 3.63) is 16.4 Å². The van der Waals surface area contributed by atoms with E-state index in [0.29, 0.717) is 50.8 Å². The first-order valence-electron chi connectivity index (χ1n) is 8.96. The van der Waals surface area contributed by atoms with Crippen LogP contribution in [0.25, 0.3) is 0 Å². The van der Waals surface area contributed by atoms with Crippen molar-refractivity contribution >= 4 is 17.3 Å². The maximum absolute atomic E-state index is 11.8. The Hall–Kier alpha value is -2.00. The Kier molecular flexibility index (Phi) is 4.43. The Morgan fingerprint density at radius 1 is 0.960 bits per heavy atom. The molecule has 1 aromatic rings. The van der Waals surface area contributed by atoms with Crippen molar-refractivity contribution in [2.24, 2.45) is 0 Å². The van der Waals surface area contributed by atoms with Crippen molar-refractivity contribution in [2.75, 3.05) is 49.2 Å². The number of hydrogen-bond donors (Lipinski definition) is 0. The van der Waals surface area contributed by atoms with Gasteiger partial charge in [-0.3, -0.25) is 10.1 Å². The van der Waals surface area contributed by atoms with E-state index in [2.05, 4.69) is 9.97 Å². The smallest absolute Gasteiger partial charge is 0.351 e. The van der Waals surface area contributed by atoms with E-state index in [-0.39, 0.29) is 10.6 Å². The molecule has 0 aliphatic carbocycles. The molecule has 3 fully saturated rings. The fourth-order valence-electron chi connectivity index (χ4n) is 3.94. The van der Waals surface area contributed by atoms with E-state index in [1.807, 2.05) is 9.80 Å². The summed E-state index contributed by atoms with van der Waals surface area (Å²) in [6.45, 7) is 4.10. The van der Waals surface area contributed by atoms with E-state index in [1.54, 1.807) is 0 Å². The molecule has 9 heteroatoms. The lowest BCUT2D eigenvalue weighted by molar-refractivity contribution is -0.383. The van der Waals surface area contributed by atoms with Gasteiger partial charge in [-0.15, -0.1) is 0 Å². The standard InChI is InChI=1S/C16H23N5O4/c22-21(23)13-14(19-6-2-1-3-7-19)17-12-18-15(13)20-8-4-16(5-9-20)24-10-11-25-16/h12H,1-11H2. The van der Waals surface area contributed by atoms with Crippen LogP contribution in [0, 0.1) is 10.1 Å². The molecule has 0 bridgehead atoms. The van der Waals surface area contributed by atoms with Crippen LogP contribution in [0.1, 0.15) is 32.1 Å². The van der Waals surface area contributed by atoms with Gasteiger partial charge >= 0.3 is 5.69 Å². The van der Waals surface area contributed by atoms with Crippen LogP contribution in [-0.4, -0.2) is 60.1 Å². The minimum Gasteiger partial charge on any atom is -0.351 e. The van der Waals surface area contributed by atoms with Gasteiger partial charge in [-0.2, -0.15) is 0 Å². The molecule has 0 radical (unpaired) electrons. The zero-order valence-electron chi connectivity index (χ0n) is 14.2. The first-order chi connectivity index (χ1) is 12.2. The van der Waals surface area contributed by atoms with E-state index in [0.717, 1.165) is 32.4 Å². The molecule has 25 heavy (non-hydrogen) atoms. The van der Waals surface area contributed by atoms with Gasteiger partial charge in [-0.25, -0.2) is 9.97 Å². The summed E-state index contributed by atoms with van der Waals surface area (Å²) in [6, 6.07) is 0. The minimum absolute atomic E-state index is 0.0219. The van der Waals surface area contributed by atoms with E-state index in [9.17, 15) is 10.1 Å². The molecule has 0 unspecified atom stereocenters. The van der Waals surface area contributed by atoms with Crippen LogP contribution in [0.3, 0.4) is 0 Å². The monoisotopic (exact) mass is 349 g/mol. The number of anilines is 2. The van der Waals surface area contributed by atoms with Crippen LogP contribution in [0.4, 0.5) is 17.3 Å². The van der Waals surface area contributed by atoms with Crippen LogP contribution in [-0.2, 0) is 9.47 Å². The van der Waals surface area contributed by atoms with Gasteiger partial charge in [0.2, 0.25) is 11.6 Å². The highest BCUT2D eigenvalue weighted by Gasteiger charge is 2.42. The number of nitro groups is 1. The average Bonchev–Trinajstić information content (AvgIpc) is 3.10. The third-order valence-electron chi connectivity index (χ3n) is 5.26. The zero-order valence-corrected chi connectivity index (χ0v) is 14.2. The van der Waals surface area contributed by atoms with Crippen molar-refractivity contribution in [3.8, 4) is 0 Å². The first-order valence-corrected chi connectivity index (χ1v) is 8.96. The maximum Gasteiger partial charge on any atom is 0.353 e. The molecule has 9 nitrogen and oxygen atoms in total. The molecule has 0 saturated carbocycles. The molecule has 3 aliphatic heterocycles. The topological polar surface area (TPSA) is 93.9 Å². The largest absolute Gasteiger partial charge is 0.353 e. The molecule has 3 saturated heterocycles. The molecule has 1 aromatic heterocycles. The number of hydrogen-bond acceptors (Lipinski definition) is 8. The third-order valence-corrected chi connectivity index (χ3v) is 5.26. The summed E-state index contributed by atoms with van der Waals surface area (Å²) in [5.41, 5.74) is 0.0219. The molecule has 3 aliphatic rings. The van der Waals surface area contributed by atoms with Crippen molar-refractivity contribution in [1.29, 1.82) is 0 Å². The van der Waals surface area contributed by atoms with Gasteiger partial charge in [0.1, 0.15) is 6.33 Å². The summed E-state index contributed by atoms with van der Waals surface area (Å²) < 4.78 is 11.5. The van der Waals surface area contributed by atoms with Crippen molar-refractivity contribution < 1.29 is 14.4 Å². The lowest BCUT2D eigenvalue weighted by atomic mass is 10.0. The van der Waals surface area contributed by atoms with E-state index < -0.39 is 5.79 Å². The molecular formula is C16H23N5O4. The van der Waals surface area contributed by atoms with Crippen LogP contribution in [0.2, 0.25) is 0 Å². The molecule has 0 N–H and O–H groups in total. The second kappa shape index (κ2) is 6.72. The normalized spacial score (nSPS) is 23.2. The quantitative estimate of drug-likeness (QED) is 0.601. The van der Waals surface area contributed by atoms with Gasteiger partial charge in [0, 0.05) is 39.0 Å². The average molecular weight is 349 g/mol. The van der Waals surface area contributed by atoms with Gasteiger partial charge in [-0.05, 0) is 19.3 Å². The van der Waals surface area contributed by atoms with Crippen molar-refractivity contribution in [2.45, 2.75) is 37.9 Å². The Morgan fingerprint density at radius 2 is 1.52 bits per heavy atom. The molecule has 4 rings (SSSR count). The lowest BCUT2D eigenvalue weighted by Gasteiger charge is -2.38. The Bertz CT molecular complexity index is 633. The first kappa shape index (κ1) is 16.5. The van der Waals surface area contributed by atoms with Crippen LogP contribution >= 0.6 is 0 Å². The zero-order chi connectivity index (χ0) is 17.3. The molecule has 0 aromatic carbocycles. The lowest BCUT2D eigenvalue weighted by Crippen LogP contribution is -2.45. The predicted octanol–water partition coefficient (Wildman–Crippen LogP) is 1.72. The van der Waals surface area contributed by atoms with Gasteiger partial charge in [0.15, 0.2) is 5.79 Å². The summed E-state index contributed by atoms with van der Waals surface area (Å²) in [7, 11) is 0. The molecule has 136 valence electrons. The molecule has 1 spiro atoms. The Morgan fingerprint density at radius 3 is 2.08 bits per heavy atom. The van der Waals surface area contributed by atoms with Crippen molar-refractivity contribution in [1.82, 2.24) is 9.97 Å². The predicted molar refractivity (Wildman–Crippen MR) is 90.8 cm³/mol. The fraction of sp³-hybridized carbons (Fsp3) is 0.750. The van der Waals surface area contributed by atoms with Crippen LogP contribution < -0.4 is 9.80 Å². The van der Waals surface area contributed by atoms with Crippen LogP contribution in [0.15, 0.2) is 6.33 Å². The number of rotatable bonds is 3. The molecule has 0 amide bonds. The molecule has 4 heterocycles. The number of ether oxygens (including phenoxy) is 2. The van der Waals surface area contributed by atoms with Gasteiger partial charge < -0.3 is 19.3 Å². The van der Waals surface area contributed by atoms with Crippen LogP contribution in [0.5, 0.6) is 0 Å². The number of nitrogens with zero attached hydrogens (tertiary/aromatic N) is 5.